The van der Waals surface area contributed by atoms with Crippen LogP contribution in [0.25, 0.3) is 0 Å². The molecule has 0 saturated heterocycles. The van der Waals surface area contributed by atoms with E-state index in [-0.39, 0.29) is 36.3 Å². The Morgan fingerprint density at radius 1 is 1.58 bits per heavy atom. The Morgan fingerprint density at radius 3 is 3.00 bits per heavy atom. The lowest BCUT2D eigenvalue weighted by atomic mass is 9.83. The van der Waals surface area contributed by atoms with Crippen molar-refractivity contribution in [2.75, 3.05) is 6.61 Å². The Kier molecular flexibility index (Phi) is 4.50. The minimum atomic E-state index is -0.335. The van der Waals surface area contributed by atoms with Crippen molar-refractivity contribution >= 4 is 5.91 Å². The molecule has 104 valence electrons. The first kappa shape index (κ1) is 14.0. The number of carbonyl (C=O) groups excluding carboxylic acids is 1. The highest BCUT2D eigenvalue weighted by Gasteiger charge is 2.40. The third kappa shape index (κ3) is 3.52. The minimum Gasteiger partial charge on any atom is -0.376 e. The zero-order valence-electron chi connectivity index (χ0n) is 10.9. The van der Waals surface area contributed by atoms with Crippen LogP contribution in [0.3, 0.4) is 0 Å². The highest BCUT2D eigenvalue weighted by molar-refractivity contribution is 5.79. The molecule has 2 rings (SSSR count). The Labute approximate surface area is 112 Å². The topological polar surface area (TPSA) is 64.3 Å². The molecule has 1 amide bonds. The molecule has 0 aliphatic heterocycles. The SMILES string of the molecule is CCOC1CC(N)C1NC(=O)Cc1cccc(F)c1. The van der Waals surface area contributed by atoms with Gasteiger partial charge in [0.05, 0.1) is 18.6 Å². The molecule has 0 aromatic heterocycles. The highest BCUT2D eigenvalue weighted by atomic mass is 19.1. The van der Waals surface area contributed by atoms with E-state index >= 15 is 0 Å². The zero-order chi connectivity index (χ0) is 13.8. The maximum absolute atomic E-state index is 13.0. The summed E-state index contributed by atoms with van der Waals surface area (Å²) in [6.45, 7) is 2.52. The summed E-state index contributed by atoms with van der Waals surface area (Å²) in [6.07, 6.45) is 0.912. The van der Waals surface area contributed by atoms with Crippen LogP contribution in [0.15, 0.2) is 24.3 Å². The van der Waals surface area contributed by atoms with Crippen LogP contribution in [0.4, 0.5) is 4.39 Å². The maximum atomic E-state index is 13.0. The minimum absolute atomic E-state index is 0.00328. The number of benzene rings is 1. The summed E-state index contributed by atoms with van der Waals surface area (Å²) in [6, 6.07) is 5.84. The predicted molar refractivity (Wildman–Crippen MR) is 70.0 cm³/mol. The van der Waals surface area contributed by atoms with Crippen LogP contribution < -0.4 is 11.1 Å². The van der Waals surface area contributed by atoms with Gasteiger partial charge in [0, 0.05) is 12.6 Å². The van der Waals surface area contributed by atoms with Gasteiger partial charge in [0.15, 0.2) is 0 Å². The first-order valence-corrected chi connectivity index (χ1v) is 6.51. The van der Waals surface area contributed by atoms with Crippen LogP contribution in [0.1, 0.15) is 18.9 Å². The van der Waals surface area contributed by atoms with Gasteiger partial charge in [-0.2, -0.15) is 0 Å². The number of carbonyl (C=O) groups is 1. The normalized spacial score (nSPS) is 25.7. The largest absolute Gasteiger partial charge is 0.376 e. The molecular formula is C14H19FN2O2. The van der Waals surface area contributed by atoms with Gasteiger partial charge in [-0.3, -0.25) is 4.79 Å². The Hall–Kier alpha value is -1.46. The fourth-order valence-electron chi connectivity index (χ4n) is 2.30. The average Bonchev–Trinajstić information content (AvgIpc) is 2.36. The predicted octanol–water partition coefficient (Wildman–Crippen LogP) is 0.989. The third-order valence-corrected chi connectivity index (χ3v) is 3.33. The molecule has 1 aromatic carbocycles. The fraction of sp³-hybridized carbons (Fsp3) is 0.500. The lowest BCUT2D eigenvalue weighted by Crippen LogP contribution is -2.64. The van der Waals surface area contributed by atoms with Crippen molar-refractivity contribution in [3.05, 3.63) is 35.6 Å². The van der Waals surface area contributed by atoms with Crippen LogP contribution in [-0.4, -0.2) is 30.7 Å². The van der Waals surface area contributed by atoms with Gasteiger partial charge in [0.2, 0.25) is 5.91 Å². The smallest absolute Gasteiger partial charge is 0.224 e. The van der Waals surface area contributed by atoms with E-state index in [1.54, 1.807) is 12.1 Å². The molecule has 0 heterocycles. The van der Waals surface area contributed by atoms with Gasteiger partial charge in [-0.25, -0.2) is 4.39 Å². The van der Waals surface area contributed by atoms with Crippen molar-refractivity contribution in [3.8, 4) is 0 Å². The number of hydrogen-bond acceptors (Lipinski definition) is 3. The second kappa shape index (κ2) is 6.12. The van der Waals surface area contributed by atoms with E-state index < -0.39 is 0 Å². The lowest BCUT2D eigenvalue weighted by molar-refractivity contribution is -0.125. The highest BCUT2D eigenvalue weighted by Crippen LogP contribution is 2.22. The third-order valence-electron chi connectivity index (χ3n) is 3.33. The molecule has 1 aromatic rings. The molecule has 1 fully saturated rings. The second-order valence-electron chi connectivity index (χ2n) is 4.79. The number of nitrogens with two attached hydrogens (primary N) is 1. The van der Waals surface area contributed by atoms with Crippen molar-refractivity contribution in [3.63, 3.8) is 0 Å². The van der Waals surface area contributed by atoms with Gasteiger partial charge in [-0.1, -0.05) is 12.1 Å². The molecule has 3 atom stereocenters. The van der Waals surface area contributed by atoms with Gasteiger partial charge in [-0.15, -0.1) is 0 Å². The standard InChI is InChI=1S/C14H19FN2O2/c1-2-19-12-8-11(16)14(12)17-13(18)7-9-4-3-5-10(15)6-9/h3-6,11-12,14H,2,7-8,16H2,1H3,(H,17,18). The molecule has 3 unspecified atom stereocenters. The molecule has 3 N–H and O–H groups in total. The molecule has 0 radical (unpaired) electrons. The quantitative estimate of drug-likeness (QED) is 0.835. The Bertz CT molecular complexity index is 451. The van der Waals surface area contributed by atoms with E-state index in [9.17, 15) is 9.18 Å². The molecule has 19 heavy (non-hydrogen) atoms. The summed E-state index contributed by atoms with van der Waals surface area (Å²) < 4.78 is 18.5. The lowest BCUT2D eigenvalue weighted by Gasteiger charge is -2.42. The molecule has 0 bridgehead atoms. The monoisotopic (exact) mass is 266 g/mol. The summed E-state index contributed by atoms with van der Waals surface area (Å²) in [5, 5.41) is 2.86. The van der Waals surface area contributed by atoms with Crippen LogP contribution >= 0.6 is 0 Å². The van der Waals surface area contributed by atoms with Gasteiger partial charge in [0.25, 0.3) is 0 Å². The molecule has 5 heteroatoms. The van der Waals surface area contributed by atoms with Crippen LogP contribution in [0.5, 0.6) is 0 Å². The number of ether oxygens (including phenoxy) is 1. The molecule has 1 aliphatic rings. The van der Waals surface area contributed by atoms with Crippen molar-refractivity contribution in [2.45, 2.75) is 38.0 Å². The first-order valence-electron chi connectivity index (χ1n) is 6.51. The average molecular weight is 266 g/mol. The summed E-state index contributed by atoms with van der Waals surface area (Å²) in [4.78, 5) is 11.9. The Balaban J connectivity index is 1.87. The first-order chi connectivity index (χ1) is 9.10. The number of rotatable bonds is 5. The van der Waals surface area contributed by atoms with Crippen molar-refractivity contribution in [1.29, 1.82) is 0 Å². The Morgan fingerprint density at radius 2 is 2.37 bits per heavy atom. The van der Waals surface area contributed by atoms with Gasteiger partial charge >= 0.3 is 0 Å². The fourth-order valence-corrected chi connectivity index (χ4v) is 2.30. The molecule has 0 spiro atoms. The van der Waals surface area contributed by atoms with E-state index in [4.69, 9.17) is 10.5 Å². The van der Waals surface area contributed by atoms with Gasteiger partial charge < -0.3 is 15.8 Å². The van der Waals surface area contributed by atoms with E-state index in [1.807, 2.05) is 6.92 Å². The molecule has 4 nitrogen and oxygen atoms in total. The van der Waals surface area contributed by atoms with Crippen molar-refractivity contribution in [1.82, 2.24) is 5.32 Å². The summed E-state index contributed by atoms with van der Waals surface area (Å²) >= 11 is 0. The molecule has 1 aliphatic carbocycles. The van der Waals surface area contributed by atoms with E-state index in [0.717, 1.165) is 6.42 Å². The van der Waals surface area contributed by atoms with Crippen molar-refractivity contribution in [2.24, 2.45) is 5.73 Å². The molecule has 1 saturated carbocycles. The summed E-state index contributed by atoms with van der Waals surface area (Å²) in [5.74, 6) is -0.492. The van der Waals surface area contributed by atoms with Crippen molar-refractivity contribution < 1.29 is 13.9 Å². The van der Waals surface area contributed by atoms with E-state index in [0.29, 0.717) is 12.2 Å². The summed E-state index contributed by atoms with van der Waals surface area (Å²) in [5.41, 5.74) is 6.51. The number of hydrogen-bond donors (Lipinski definition) is 2. The van der Waals surface area contributed by atoms with E-state index in [2.05, 4.69) is 5.32 Å². The number of amides is 1. The van der Waals surface area contributed by atoms with Gasteiger partial charge in [-0.05, 0) is 31.0 Å². The van der Waals surface area contributed by atoms with Gasteiger partial charge in [0.1, 0.15) is 5.82 Å². The number of halogens is 1. The number of nitrogens with one attached hydrogen (secondary N) is 1. The van der Waals surface area contributed by atoms with Crippen LogP contribution in [0.2, 0.25) is 0 Å². The van der Waals surface area contributed by atoms with Crippen LogP contribution in [0, 0.1) is 5.82 Å². The maximum Gasteiger partial charge on any atom is 0.224 e. The van der Waals surface area contributed by atoms with Crippen LogP contribution in [-0.2, 0) is 16.0 Å². The summed E-state index contributed by atoms with van der Waals surface area (Å²) in [7, 11) is 0. The van der Waals surface area contributed by atoms with E-state index in [1.165, 1.54) is 12.1 Å². The second-order valence-corrected chi connectivity index (χ2v) is 4.79. The zero-order valence-corrected chi connectivity index (χ0v) is 10.9. The molecular weight excluding hydrogens is 247 g/mol.